The van der Waals surface area contributed by atoms with Crippen LogP contribution in [0.2, 0.25) is 0 Å². The highest BCUT2D eigenvalue weighted by Gasteiger charge is 2.13. The molecule has 0 amide bonds. The molecule has 0 atom stereocenters. The lowest BCUT2D eigenvalue weighted by Gasteiger charge is -2.10. The average Bonchev–Trinajstić information content (AvgIpc) is 2.60. The third kappa shape index (κ3) is 2.85. The Balaban J connectivity index is 2.17. The summed E-state index contributed by atoms with van der Waals surface area (Å²) in [4.78, 5) is 11.5. The van der Waals surface area contributed by atoms with Gasteiger partial charge in [-0.3, -0.25) is 5.41 Å². The highest BCUT2D eigenvalue weighted by molar-refractivity contribution is 6.01. The van der Waals surface area contributed by atoms with E-state index in [0.29, 0.717) is 17.7 Å². The summed E-state index contributed by atoms with van der Waals surface area (Å²) in [7, 11) is 0. The highest BCUT2D eigenvalue weighted by Crippen LogP contribution is 2.29. The Morgan fingerprint density at radius 2 is 1.71 bits per heavy atom. The molecule has 5 nitrogen and oxygen atoms in total. The van der Waals surface area contributed by atoms with Crippen molar-refractivity contribution in [3.8, 4) is 11.1 Å². The Labute approximate surface area is 139 Å². The average molecular weight is 319 g/mol. The van der Waals surface area contributed by atoms with Crippen LogP contribution < -0.4 is 11.5 Å². The summed E-state index contributed by atoms with van der Waals surface area (Å²) in [5.74, 6) is -0.953. The van der Waals surface area contributed by atoms with Crippen molar-refractivity contribution in [2.45, 2.75) is 6.54 Å². The maximum Gasteiger partial charge on any atom is 0.336 e. The van der Waals surface area contributed by atoms with Gasteiger partial charge in [0.1, 0.15) is 5.84 Å². The van der Waals surface area contributed by atoms with Gasteiger partial charge in [-0.1, -0.05) is 30.3 Å². The van der Waals surface area contributed by atoms with Gasteiger partial charge in [-0.25, -0.2) is 4.79 Å². The van der Waals surface area contributed by atoms with Crippen molar-refractivity contribution < 1.29 is 9.90 Å². The number of rotatable bonds is 4. The van der Waals surface area contributed by atoms with Crippen LogP contribution in [-0.4, -0.2) is 16.9 Å². The summed E-state index contributed by atoms with van der Waals surface area (Å²) in [6.45, 7) is 0.350. The standard InChI is InChI=1S/C19H17N3O2/c20-10-11-1-6-16(19(23)24)17(7-11)14-4-2-13-9-15(18(21)22)5-3-12(13)8-14/h1-9H,10,20H2,(H3,21,22)(H,23,24). The number of hydrogen-bond donors (Lipinski definition) is 4. The number of carbonyl (C=O) groups is 1. The SMILES string of the molecule is N=C(N)c1ccc2cc(-c3cc(CN)ccc3C(=O)O)ccc2c1. The molecular weight excluding hydrogens is 302 g/mol. The molecule has 0 radical (unpaired) electrons. The molecule has 0 saturated carbocycles. The van der Waals surface area contributed by atoms with Crippen LogP contribution in [0, 0.1) is 5.41 Å². The highest BCUT2D eigenvalue weighted by atomic mass is 16.4. The molecular formula is C19H17N3O2. The van der Waals surface area contributed by atoms with E-state index >= 15 is 0 Å². The van der Waals surface area contributed by atoms with Crippen molar-refractivity contribution in [2.75, 3.05) is 0 Å². The molecule has 0 aromatic heterocycles. The maximum atomic E-state index is 11.5. The number of fused-ring (bicyclic) bond motifs is 1. The van der Waals surface area contributed by atoms with Crippen LogP contribution in [0.5, 0.6) is 0 Å². The van der Waals surface area contributed by atoms with Crippen molar-refractivity contribution in [1.82, 2.24) is 0 Å². The smallest absolute Gasteiger partial charge is 0.336 e. The summed E-state index contributed by atoms with van der Waals surface area (Å²) in [5.41, 5.74) is 14.4. The van der Waals surface area contributed by atoms with Crippen molar-refractivity contribution in [1.29, 1.82) is 5.41 Å². The Morgan fingerprint density at radius 1 is 1.00 bits per heavy atom. The molecule has 120 valence electrons. The third-order valence-corrected chi connectivity index (χ3v) is 4.01. The Morgan fingerprint density at radius 3 is 2.38 bits per heavy atom. The largest absolute Gasteiger partial charge is 0.478 e. The normalized spacial score (nSPS) is 10.7. The zero-order valence-electron chi connectivity index (χ0n) is 12.9. The van der Waals surface area contributed by atoms with E-state index < -0.39 is 5.97 Å². The van der Waals surface area contributed by atoms with Crippen LogP contribution >= 0.6 is 0 Å². The van der Waals surface area contributed by atoms with Crippen LogP contribution in [-0.2, 0) is 6.54 Å². The minimum Gasteiger partial charge on any atom is -0.478 e. The van der Waals surface area contributed by atoms with Gasteiger partial charge in [0.2, 0.25) is 0 Å². The predicted molar refractivity (Wildman–Crippen MR) is 95.3 cm³/mol. The van der Waals surface area contributed by atoms with E-state index in [9.17, 15) is 9.90 Å². The Hall–Kier alpha value is -3.18. The predicted octanol–water partition coefficient (Wildman–Crippen LogP) is 2.95. The number of amidine groups is 1. The minimum absolute atomic E-state index is 0.0183. The molecule has 3 rings (SSSR count). The van der Waals surface area contributed by atoms with Crippen LogP contribution in [0.3, 0.4) is 0 Å². The number of nitrogen functional groups attached to an aromatic ring is 1. The van der Waals surface area contributed by atoms with Crippen LogP contribution in [0.25, 0.3) is 21.9 Å². The zero-order valence-corrected chi connectivity index (χ0v) is 12.9. The molecule has 3 aromatic carbocycles. The molecule has 0 spiro atoms. The van der Waals surface area contributed by atoms with Crippen LogP contribution in [0.15, 0.2) is 54.6 Å². The van der Waals surface area contributed by atoms with Gasteiger partial charge in [0.25, 0.3) is 0 Å². The van der Waals surface area contributed by atoms with Crippen molar-refractivity contribution in [3.05, 3.63) is 71.3 Å². The lowest BCUT2D eigenvalue weighted by Crippen LogP contribution is -2.10. The topological polar surface area (TPSA) is 113 Å². The first kappa shape index (κ1) is 15.7. The number of carboxylic acid groups (broad SMARTS) is 1. The van der Waals surface area contributed by atoms with Gasteiger partial charge in [0, 0.05) is 12.1 Å². The number of carboxylic acids is 1. The van der Waals surface area contributed by atoms with E-state index in [1.54, 1.807) is 18.2 Å². The summed E-state index contributed by atoms with van der Waals surface area (Å²) in [6.07, 6.45) is 0. The molecule has 0 aliphatic rings. The molecule has 0 aliphatic heterocycles. The minimum atomic E-state index is -0.972. The molecule has 0 saturated heterocycles. The molecule has 0 bridgehead atoms. The molecule has 3 aromatic rings. The lowest BCUT2D eigenvalue weighted by molar-refractivity contribution is 0.0697. The van der Waals surface area contributed by atoms with Gasteiger partial charge in [0.15, 0.2) is 0 Å². The van der Waals surface area contributed by atoms with E-state index in [0.717, 1.165) is 21.9 Å². The quantitative estimate of drug-likeness (QED) is 0.437. The second-order valence-electron chi connectivity index (χ2n) is 5.58. The van der Waals surface area contributed by atoms with Gasteiger partial charge < -0.3 is 16.6 Å². The van der Waals surface area contributed by atoms with E-state index in [4.69, 9.17) is 16.9 Å². The van der Waals surface area contributed by atoms with E-state index in [2.05, 4.69) is 0 Å². The monoisotopic (exact) mass is 319 g/mol. The third-order valence-electron chi connectivity index (χ3n) is 4.01. The first-order valence-corrected chi connectivity index (χ1v) is 7.44. The number of aromatic carboxylic acids is 1. The van der Waals surface area contributed by atoms with E-state index in [-0.39, 0.29) is 11.4 Å². The van der Waals surface area contributed by atoms with Crippen LogP contribution in [0.4, 0.5) is 0 Å². The lowest BCUT2D eigenvalue weighted by atomic mass is 9.94. The molecule has 0 fully saturated rings. The number of hydrogen-bond acceptors (Lipinski definition) is 3. The van der Waals surface area contributed by atoms with E-state index in [1.165, 1.54) is 0 Å². The first-order valence-electron chi connectivity index (χ1n) is 7.44. The van der Waals surface area contributed by atoms with Crippen LogP contribution in [0.1, 0.15) is 21.5 Å². The molecule has 5 heteroatoms. The fourth-order valence-corrected chi connectivity index (χ4v) is 2.72. The van der Waals surface area contributed by atoms with Gasteiger partial charge in [-0.15, -0.1) is 0 Å². The second-order valence-corrected chi connectivity index (χ2v) is 5.58. The fraction of sp³-hybridized carbons (Fsp3) is 0.0526. The summed E-state index contributed by atoms with van der Waals surface area (Å²) in [5, 5.41) is 18.8. The fourth-order valence-electron chi connectivity index (χ4n) is 2.72. The zero-order chi connectivity index (χ0) is 17.3. The van der Waals surface area contributed by atoms with Gasteiger partial charge in [-0.05, 0) is 51.7 Å². The first-order chi connectivity index (χ1) is 11.5. The molecule has 6 N–H and O–H groups in total. The molecule has 0 aliphatic carbocycles. The van der Waals surface area contributed by atoms with Gasteiger partial charge in [0.05, 0.1) is 5.56 Å². The molecule has 0 heterocycles. The van der Waals surface area contributed by atoms with Gasteiger partial charge >= 0.3 is 5.97 Å². The van der Waals surface area contributed by atoms with Crippen molar-refractivity contribution in [2.24, 2.45) is 11.5 Å². The summed E-state index contributed by atoms with van der Waals surface area (Å²) < 4.78 is 0. The van der Waals surface area contributed by atoms with E-state index in [1.807, 2.05) is 36.4 Å². The Bertz CT molecular complexity index is 964. The number of nitrogens with two attached hydrogens (primary N) is 2. The molecule has 0 unspecified atom stereocenters. The second kappa shape index (κ2) is 6.14. The maximum absolute atomic E-state index is 11.5. The summed E-state index contributed by atoms with van der Waals surface area (Å²) in [6, 6.07) is 16.3. The summed E-state index contributed by atoms with van der Waals surface area (Å²) >= 11 is 0. The van der Waals surface area contributed by atoms with Crippen molar-refractivity contribution >= 4 is 22.6 Å². The van der Waals surface area contributed by atoms with Gasteiger partial charge in [-0.2, -0.15) is 0 Å². The molecule has 24 heavy (non-hydrogen) atoms. The Kier molecular flexibility index (Phi) is 4.02. The van der Waals surface area contributed by atoms with Crippen molar-refractivity contribution in [3.63, 3.8) is 0 Å². The number of benzene rings is 3. The number of nitrogens with one attached hydrogen (secondary N) is 1.